The van der Waals surface area contributed by atoms with E-state index >= 15 is 0 Å². The van der Waals surface area contributed by atoms with Crippen LogP contribution in [0.4, 0.5) is 5.69 Å². The molecule has 0 unspecified atom stereocenters. The van der Waals surface area contributed by atoms with E-state index in [1.807, 2.05) is 0 Å². The number of carboxylic acid groups (broad SMARTS) is 1. The number of amides is 1. The van der Waals surface area contributed by atoms with Gasteiger partial charge in [0.05, 0.1) is 5.92 Å². The van der Waals surface area contributed by atoms with Crippen LogP contribution < -0.4 is 4.90 Å². The molecule has 6 nitrogen and oxygen atoms in total. The fraction of sp³-hybridized carbons (Fsp3) is 0.167. The zero-order valence-electron chi connectivity index (χ0n) is 13.3. The zero-order valence-corrected chi connectivity index (χ0v) is 14.8. The van der Waals surface area contributed by atoms with E-state index in [4.69, 9.17) is 32.7 Å². The number of aliphatic carboxylic acids is 1. The molecule has 0 spiro atoms. The van der Waals surface area contributed by atoms with Crippen LogP contribution >= 0.6 is 23.2 Å². The Hall–Kier alpha value is -2.57. The van der Waals surface area contributed by atoms with Crippen LogP contribution in [0, 0.1) is 5.92 Å². The average Bonchev–Trinajstić information content (AvgIpc) is 3.16. The minimum Gasteiger partial charge on any atom is -0.481 e. The summed E-state index contributed by atoms with van der Waals surface area (Å²) in [6.07, 6.45) is -0.00393. The SMILES string of the molecule is O=C(O)[C@@H]1CC(=O)N(c2ccc3nc(-c4cc(Cl)cc(Cl)c4)oc3c2)C1. The number of fused-ring (bicyclic) bond motifs is 1. The molecule has 26 heavy (non-hydrogen) atoms. The number of benzene rings is 2. The summed E-state index contributed by atoms with van der Waals surface area (Å²) in [6, 6.07) is 10.1. The van der Waals surface area contributed by atoms with Gasteiger partial charge < -0.3 is 14.4 Å². The van der Waals surface area contributed by atoms with Gasteiger partial charge >= 0.3 is 5.97 Å². The maximum atomic E-state index is 12.1. The van der Waals surface area contributed by atoms with Crippen molar-refractivity contribution in [2.24, 2.45) is 5.92 Å². The maximum Gasteiger partial charge on any atom is 0.308 e. The monoisotopic (exact) mass is 390 g/mol. The van der Waals surface area contributed by atoms with Gasteiger partial charge in [0.1, 0.15) is 5.52 Å². The molecular weight excluding hydrogens is 379 g/mol. The van der Waals surface area contributed by atoms with E-state index in [0.29, 0.717) is 38.3 Å². The van der Waals surface area contributed by atoms with Crippen molar-refractivity contribution in [2.45, 2.75) is 6.42 Å². The number of carboxylic acids is 1. The predicted octanol–water partition coefficient (Wildman–Crippen LogP) is 4.24. The van der Waals surface area contributed by atoms with Crippen LogP contribution in [0.15, 0.2) is 40.8 Å². The van der Waals surface area contributed by atoms with Crippen molar-refractivity contribution in [1.82, 2.24) is 4.98 Å². The molecule has 1 atom stereocenters. The summed E-state index contributed by atoms with van der Waals surface area (Å²) in [5.74, 6) is -1.53. The third-order valence-corrected chi connectivity index (χ3v) is 4.70. The number of halogens is 2. The zero-order chi connectivity index (χ0) is 18.4. The fourth-order valence-electron chi connectivity index (χ4n) is 3.00. The van der Waals surface area contributed by atoms with Crippen LogP contribution in [0.25, 0.3) is 22.6 Å². The first-order chi connectivity index (χ1) is 12.4. The highest BCUT2D eigenvalue weighted by Gasteiger charge is 2.35. The Kier molecular flexibility index (Phi) is 4.09. The molecule has 2 heterocycles. The molecule has 0 bridgehead atoms. The lowest BCUT2D eigenvalue weighted by Gasteiger charge is -2.15. The number of oxazole rings is 1. The summed E-state index contributed by atoms with van der Waals surface area (Å²) in [5, 5.41) is 10.1. The molecule has 1 aliphatic rings. The van der Waals surface area contributed by atoms with E-state index in [1.165, 1.54) is 4.90 Å². The molecule has 2 aromatic carbocycles. The van der Waals surface area contributed by atoms with Crippen LogP contribution in [0.5, 0.6) is 0 Å². The fourth-order valence-corrected chi connectivity index (χ4v) is 3.53. The minimum absolute atomic E-state index is 0.00393. The van der Waals surface area contributed by atoms with Crippen LogP contribution in [0.3, 0.4) is 0 Å². The molecule has 4 rings (SSSR count). The first kappa shape index (κ1) is 16.9. The number of anilines is 1. The van der Waals surface area contributed by atoms with Crippen molar-refractivity contribution >= 4 is 51.9 Å². The van der Waals surface area contributed by atoms with Gasteiger partial charge in [-0.3, -0.25) is 9.59 Å². The molecular formula is C18H12Cl2N2O4. The number of hydrogen-bond donors (Lipinski definition) is 1. The Bertz CT molecular complexity index is 1030. The molecule has 1 saturated heterocycles. The molecule has 0 saturated carbocycles. The minimum atomic E-state index is -0.971. The van der Waals surface area contributed by atoms with Gasteiger partial charge in [0.2, 0.25) is 11.8 Å². The number of carbonyl (C=O) groups excluding carboxylic acids is 1. The van der Waals surface area contributed by atoms with Gasteiger partial charge in [0.25, 0.3) is 0 Å². The molecule has 8 heteroatoms. The van der Waals surface area contributed by atoms with E-state index in [0.717, 1.165) is 0 Å². The third-order valence-electron chi connectivity index (χ3n) is 4.27. The molecule has 1 aliphatic heterocycles. The lowest BCUT2D eigenvalue weighted by atomic mass is 10.1. The lowest BCUT2D eigenvalue weighted by molar-refractivity contribution is -0.141. The Balaban J connectivity index is 1.70. The average molecular weight is 391 g/mol. The first-order valence-electron chi connectivity index (χ1n) is 7.81. The van der Waals surface area contributed by atoms with Crippen molar-refractivity contribution in [2.75, 3.05) is 11.4 Å². The first-order valence-corrected chi connectivity index (χ1v) is 8.56. The summed E-state index contributed by atoms with van der Waals surface area (Å²) < 4.78 is 5.79. The molecule has 132 valence electrons. The van der Waals surface area contributed by atoms with Crippen LogP contribution in [-0.2, 0) is 9.59 Å². The van der Waals surface area contributed by atoms with Crippen molar-refractivity contribution in [3.63, 3.8) is 0 Å². The largest absolute Gasteiger partial charge is 0.481 e. The normalized spacial score (nSPS) is 17.2. The molecule has 1 fully saturated rings. The molecule has 1 aromatic heterocycles. The van der Waals surface area contributed by atoms with Gasteiger partial charge in [0.15, 0.2) is 5.58 Å². The summed E-state index contributed by atoms with van der Waals surface area (Å²) in [5.41, 5.74) is 2.32. The highest BCUT2D eigenvalue weighted by atomic mass is 35.5. The summed E-state index contributed by atoms with van der Waals surface area (Å²) in [6.45, 7) is 0.143. The highest BCUT2D eigenvalue weighted by molar-refractivity contribution is 6.35. The van der Waals surface area contributed by atoms with Crippen LogP contribution in [-0.4, -0.2) is 28.5 Å². The second-order valence-corrected chi connectivity index (χ2v) is 6.95. The maximum absolute atomic E-state index is 12.1. The molecule has 0 radical (unpaired) electrons. The van der Waals surface area contributed by atoms with Gasteiger partial charge in [0, 0.05) is 40.3 Å². The van der Waals surface area contributed by atoms with Crippen LogP contribution in [0.1, 0.15) is 6.42 Å². The topological polar surface area (TPSA) is 83.6 Å². The van der Waals surface area contributed by atoms with Gasteiger partial charge in [-0.1, -0.05) is 23.2 Å². The van der Waals surface area contributed by atoms with Crippen molar-refractivity contribution in [1.29, 1.82) is 0 Å². The Labute approximate surface area is 157 Å². The molecule has 0 aliphatic carbocycles. The number of hydrogen-bond acceptors (Lipinski definition) is 4. The van der Waals surface area contributed by atoms with E-state index in [-0.39, 0.29) is 18.9 Å². The lowest BCUT2D eigenvalue weighted by Crippen LogP contribution is -2.25. The number of nitrogens with zero attached hydrogens (tertiary/aromatic N) is 2. The van der Waals surface area contributed by atoms with Gasteiger partial charge in [-0.25, -0.2) is 4.98 Å². The van der Waals surface area contributed by atoms with Crippen molar-refractivity contribution in [3.8, 4) is 11.5 Å². The van der Waals surface area contributed by atoms with E-state index in [1.54, 1.807) is 36.4 Å². The van der Waals surface area contributed by atoms with E-state index < -0.39 is 11.9 Å². The van der Waals surface area contributed by atoms with Gasteiger partial charge in [-0.15, -0.1) is 0 Å². The third kappa shape index (κ3) is 3.02. The Morgan fingerprint density at radius 2 is 1.92 bits per heavy atom. The Morgan fingerprint density at radius 1 is 1.19 bits per heavy atom. The molecule has 3 aromatic rings. The number of aromatic nitrogens is 1. The van der Waals surface area contributed by atoms with Crippen molar-refractivity contribution in [3.05, 3.63) is 46.4 Å². The predicted molar refractivity (Wildman–Crippen MR) is 97.6 cm³/mol. The number of carbonyl (C=O) groups is 2. The number of rotatable bonds is 3. The van der Waals surface area contributed by atoms with Crippen molar-refractivity contribution < 1.29 is 19.1 Å². The second-order valence-electron chi connectivity index (χ2n) is 6.07. The molecule has 1 amide bonds. The Morgan fingerprint density at radius 3 is 2.58 bits per heavy atom. The van der Waals surface area contributed by atoms with Crippen LogP contribution in [0.2, 0.25) is 10.0 Å². The summed E-state index contributed by atoms with van der Waals surface area (Å²) >= 11 is 12.0. The van der Waals surface area contributed by atoms with E-state index in [9.17, 15) is 9.59 Å². The molecule has 1 N–H and O–H groups in total. The standard InChI is InChI=1S/C18H12Cl2N2O4/c19-11-3-9(4-12(20)6-11)17-21-14-2-1-13(7-15(14)26-17)22-8-10(18(24)25)5-16(22)23/h1-4,6-7,10H,5,8H2,(H,24,25)/t10-/m1/s1. The second kappa shape index (κ2) is 6.30. The smallest absolute Gasteiger partial charge is 0.308 e. The highest BCUT2D eigenvalue weighted by Crippen LogP contribution is 2.32. The van der Waals surface area contributed by atoms with Gasteiger partial charge in [-0.05, 0) is 30.3 Å². The quantitative estimate of drug-likeness (QED) is 0.722. The summed E-state index contributed by atoms with van der Waals surface area (Å²) in [7, 11) is 0. The van der Waals surface area contributed by atoms with E-state index in [2.05, 4.69) is 4.98 Å². The summed E-state index contributed by atoms with van der Waals surface area (Å²) in [4.78, 5) is 29.1. The van der Waals surface area contributed by atoms with Gasteiger partial charge in [-0.2, -0.15) is 0 Å².